The fourth-order valence-corrected chi connectivity index (χ4v) is 4.00. The first-order valence-corrected chi connectivity index (χ1v) is 10.2. The molecule has 0 spiro atoms. The number of primary sulfonamides is 1. The summed E-state index contributed by atoms with van der Waals surface area (Å²) < 4.78 is 50.8. The third-order valence-corrected chi connectivity index (χ3v) is 6.26. The summed E-state index contributed by atoms with van der Waals surface area (Å²) >= 11 is 0. The lowest BCUT2D eigenvalue weighted by Gasteiger charge is -2.14. The molecular formula is C16H20N2O4S2. The second-order valence-corrected chi connectivity index (χ2v) is 9.05. The number of hydrogen-bond acceptors (Lipinski definition) is 4. The van der Waals surface area contributed by atoms with Crippen LogP contribution in [-0.2, 0) is 20.0 Å². The first-order valence-electron chi connectivity index (χ1n) is 7.16. The zero-order valence-electron chi connectivity index (χ0n) is 13.9. The maximum atomic E-state index is 12.6. The molecule has 2 aromatic rings. The number of nitrogens with one attached hydrogen (secondary N) is 1. The topological polar surface area (TPSA) is 106 Å². The highest BCUT2D eigenvalue weighted by Gasteiger charge is 2.19. The van der Waals surface area contributed by atoms with Crippen LogP contribution in [0.15, 0.2) is 40.1 Å². The van der Waals surface area contributed by atoms with Gasteiger partial charge in [-0.25, -0.2) is 22.0 Å². The fraction of sp³-hybridized carbons (Fsp3) is 0.250. The van der Waals surface area contributed by atoms with E-state index in [1.54, 1.807) is 26.0 Å². The van der Waals surface area contributed by atoms with E-state index >= 15 is 0 Å². The molecule has 0 atom stereocenters. The molecule has 0 aromatic heterocycles. The molecule has 0 unspecified atom stereocenters. The van der Waals surface area contributed by atoms with Crippen LogP contribution in [0.25, 0.3) is 0 Å². The van der Waals surface area contributed by atoms with Gasteiger partial charge in [0.25, 0.3) is 10.0 Å². The molecule has 0 radical (unpaired) electrons. The Kier molecular flexibility index (Phi) is 4.76. The monoisotopic (exact) mass is 368 g/mol. The van der Waals surface area contributed by atoms with Gasteiger partial charge in [-0.15, -0.1) is 0 Å². The molecule has 130 valence electrons. The Balaban J connectivity index is 2.53. The van der Waals surface area contributed by atoms with Crippen LogP contribution in [0.5, 0.6) is 0 Å². The van der Waals surface area contributed by atoms with Gasteiger partial charge in [-0.3, -0.25) is 4.72 Å². The van der Waals surface area contributed by atoms with E-state index in [1.807, 2.05) is 13.8 Å². The Bertz CT molecular complexity index is 1010. The van der Waals surface area contributed by atoms with E-state index in [2.05, 4.69) is 4.72 Å². The zero-order valence-corrected chi connectivity index (χ0v) is 15.5. The van der Waals surface area contributed by atoms with Gasteiger partial charge in [0.05, 0.1) is 15.5 Å². The normalized spacial score (nSPS) is 12.2. The van der Waals surface area contributed by atoms with Crippen LogP contribution in [0.1, 0.15) is 22.3 Å². The van der Waals surface area contributed by atoms with Gasteiger partial charge in [0.2, 0.25) is 10.0 Å². The molecule has 0 saturated carbocycles. The molecule has 0 amide bonds. The number of anilines is 1. The number of hydrogen-bond donors (Lipinski definition) is 2. The molecule has 0 aliphatic heterocycles. The van der Waals surface area contributed by atoms with E-state index in [9.17, 15) is 16.8 Å². The van der Waals surface area contributed by atoms with Crippen LogP contribution in [-0.4, -0.2) is 16.8 Å². The van der Waals surface area contributed by atoms with E-state index in [1.165, 1.54) is 18.2 Å². The minimum absolute atomic E-state index is 0.115. The van der Waals surface area contributed by atoms with Crippen molar-refractivity contribution in [3.63, 3.8) is 0 Å². The maximum Gasteiger partial charge on any atom is 0.261 e. The highest BCUT2D eigenvalue weighted by atomic mass is 32.2. The molecule has 0 fully saturated rings. The van der Waals surface area contributed by atoms with Gasteiger partial charge in [-0.05, 0) is 74.2 Å². The summed E-state index contributed by atoms with van der Waals surface area (Å²) in [5, 5.41) is 5.15. The second-order valence-electron chi connectivity index (χ2n) is 5.81. The van der Waals surface area contributed by atoms with Crippen molar-refractivity contribution in [1.82, 2.24) is 0 Å². The van der Waals surface area contributed by atoms with E-state index in [-0.39, 0.29) is 15.5 Å². The predicted octanol–water partition coefficient (Wildman–Crippen LogP) is 2.37. The second kappa shape index (κ2) is 6.19. The molecule has 0 aliphatic rings. The van der Waals surface area contributed by atoms with Crippen LogP contribution in [0.2, 0.25) is 0 Å². The van der Waals surface area contributed by atoms with Crippen molar-refractivity contribution in [2.24, 2.45) is 5.14 Å². The minimum atomic E-state index is -3.93. The Labute approximate surface area is 142 Å². The smallest absolute Gasteiger partial charge is 0.261 e. The van der Waals surface area contributed by atoms with Crippen molar-refractivity contribution in [3.8, 4) is 0 Å². The lowest BCUT2D eigenvalue weighted by Crippen LogP contribution is -2.17. The van der Waals surface area contributed by atoms with Crippen molar-refractivity contribution in [2.45, 2.75) is 37.5 Å². The van der Waals surface area contributed by atoms with Crippen LogP contribution in [0.4, 0.5) is 5.69 Å². The maximum absolute atomic E-state index is 12.6. The van der Waals surface area contributed by atoms with E-state index in [0.717, 1.165) is 11.1 Å². The summed E-state index contributed by atoms with van der Waals surface area (Å²) in [6.45, 7) is 7.12. The number of sulfonamides is 2. The van der Waals surface area contributed by atoms with Crippen molar-refractivity contribution >= 4 is 25.7 Å². The number of rotatable bonds is 4. The van der Waals surface area contributed by atoms with Crippen LogP contribution < -0.4 is 9.86 Å². The third kappa shape index (κ3) is 3.77. The highest BCUT2D eigenvalue weighted by molar-refractivity contribution is 7.92. The van der Waals surface area contributed by atoms with Gasteiger partial charge in [0, 0.05) is 0 Å². The SMILES string of the molecule is Cc1ccc(S(=O)(=O)Nc2cc(S(N)(=O)=O)cc(C)c2C)cc1C. The quantitative estimate of drug-likeness (QED) is 0.864. The van der Waals surface area contributed by atoms with Crippen molar-refractivity contribution in [2.75, 3.05) is 4.72 Å². The Morgan fingerprint density at radius 1 is 0.792 bits per heavy atom. The third-order valence-electron chi connectivity index (χ3n) is 4.00. The molecule has 0 heterocycles. The summed E-state index contributed by atoms with van der Waals surface area (Å²) in [7, 11) is -7.77. The van der Waals surface area contributed by atoms with Crippen LogP contribution in [0.3, 0.4) is 0 Å². The van der Waals surface area contributed by atoms with Gasteiger partial charge in [0.15, 0.2) is 0 Å². The van der Waals surface area contributed by atoms with Crippen molar-refractivity contribution in [3.05, 3.63) is 52.6 Å². The van der Waals surface area contributed by atoms with Crippen molar-refractivity contribution in [1.29, 1.82) is 0 Å². The fourth-order valence-electron chi connectivity index (χ4n) is 2.18. The molecule has 8 heteroatoms. The van der Waals surface area contributed by atoms with E-state index < -0.39 is 20.0 Å². The van der Waals surface area contributed by atoms with Crippen molar-refractivity contribution < 1.29 is 16.8 Å². The molecule has 2 aromatic carbocycles. The first-order chi connectivity index (χ1) is 10.9. The Hall–Kier alpha value is -1.90. The number of aryl methyl sites for hydroxylation is 3. The molecule has 3 N–H and O–H groups in total. The van der Waals surface area contributed by atoms with Gasteiger partial charge in [-0.1, -0.05) is 6.07 Å². The van der Waals surface area contributed by atoms with Gasteiger partial charge >= 0.3 is 0 Å². The Morgan fingerprint density at radius 3 is 1.92 bits per heavy atom. The molecular weight excluding hydrogens is 348 g/mol. The summed E-state index contributed by atoms with van der Waals surface area (Å²) in [4.78, 5) is -0.0213. The van der Waals surface area contributed by atoms with Crippen LogP contribution >= 0.6 is 0 Å². The largest absolute Gasteiger partial charge is 0.279 e. The van der Waals surface area contributed by atoms with Gasteiger partial charge in [-0.2, -0.15) is 0 Å². The first kappa shape index (κ1) is 18.4. The lowest BCUT2D eigenvalue weighted by atomic mass is 10.1. The summed E-state index contributed by atoms with van der Waals surface area (Å²) in [6, 6.07) is 7.46. The number of benzene rings is 2. The molecule has 0 aliphatic carbocycles. The molecule has 2 rings (SSSR count). The van der Waals surface area contributed by atoms with E-state index in [0.29, 0.717) is 11.1 Å². The summed E-state index contributed by atoms with van der Waals surface area (Å²) in [5.41, 5.74) is 3.28. The van der Waals surface area contributed by atoms with Gasteiger partial charge in [0.1, 0.15) is 0 Å². The molecule has 0 saturated heterocycles. The average Bonchev–Trinajstić information content (AvgIpc) is 2.45. The average molecular weight is 368 g/mol. The molecule has 24 heavy (non-hydrogen) atoms. The molecule has 0 bridgehead atoms. The number of nitrogens with two attached hydrogens (primary N) is 1. The Morgan fingerprint density at radius 2 is 1.38 bits per heavy atom. The van der Waals surface area contributed by atoms with E-state index in [4.69, 9.17) is 5.14 Å². The zero-order chi connectivity index (χ0) is 18.3. The van der Waals surface area contributed by atoms with Gasteiger partial charge < -0.3 is 0 Å². The van der Waals surface area contributed by atoms with Crippen LogP contribution in [0, 0.1) is 27.7 Å². The molecule has 6 nitrogen and oxygen atoms in total. The minimum Gasteiger partial charge on any atom is -0.279 e. The summed E-state index contributed by atoms with van der Waals surface area (Å²) in [5.74, 6) is 0. The lowest BCUT2D eigenvalue weighted by molar-refractivity contribution is 0.596. The predicted molar refractivity (Wildman–Crippen MR) is 94.0 cm³/mol. The standard InChI is InChI=1S/C16H20N2O4S2/c1-10-5-6-14(7-11(10)2)24(21,22)18-16-9-15(23(17,19)20)8-12(3)13(16)4/h5-9,18H,1-4H3,(H2,17,19,20). The summed E-state index contributed by atoms with van der Waals surface area (Å²) in [6.07, 6.45) is 0. The highest BCUT2D eigenvalue weighted by Crippen LogP contribution is 2.26.